The number of esters is 1. The van der Waals surface area contributed by atoms with Gasteiger partial charge in [0.05, 0.1) is 129 Å². The topological polar surface area (TPSA) is 236 Å². The Morgan fingerprint density at radius 2 is 1.25 bits per heavy atom. The molecule has 0 amide bonds. The maximum Gasteiger partial charge on any atom is 0.308 e. The maximum atomic E-state index is 14.6. The first-order valence-electron chi connectivity index (χ1n) is 30.9. The molecule has 0 aromatic rings. The minimum Gasteiger partial charge on any atom is -0.459 e. The molecule has 16 fully saturated rings. The van der Waals surface area contributed by atoms with Gasteiger partial charge in [0.25, 0.3) is 0 Å². The van der Waals surface area contributed by atoms with Crippen molar-refractivity contribution in [1.29, 1.82) is 0 Å². The SMILES string of the molecule is C=C1C[C@@H]2CC[C@@]34C[C@H]5O[C@H]6[C@@H](O3)[C@H]3O[C@H](CC[C@@H]3O[C@@]6(O)C5O4)CC(=O)O[C@@H]3[C@@H](C)[C@@H]4O[C@@H]5C[C@]6(C[C@@H]7O[C@]8(C[C@H](C)[C@@H]9O[C@H]([C@@H](O)C[C@@H](O)CO)C[C@@H]9O8)C[C@H](C)[C@@H]7O6)O[C@@H]5C[C@@H]4O[C@H]3C[C@H]3O[C@@H](CC[C@@H]1O2)C[C@@H](C)C3=C. The predicted molar refractivity (Wildman–Crippen MR) is 275 cm³/mol. The molecule has 0 saturated carbocycles. The van der Waals surface area contributed by atoms with Gasteiger partial charge in [-0.25, -0.2) is 0 Å². The Labute approximate surface area is 468 Å². The maximum absolute atomic E-state index is 14.6. The zero-order valence-electron chi connectivity index (χ0n) is 46.8. The standard InChI is InChI=1S/C60H86O20/c1-26-13-33-7-9-37-27(2)14-35(66-37)11-12-57-24-47-55(80-57)60(65)56(72-47)54(79-57)53-38(77-60)10-8-34(68-53)16-48(64)73-52-31(6)51-43(69-42(52)17-39(67-33)30(26)5)19-41-45(71-51)22-59(74-41)23-46-50(78-59)29(4)21-58(76-46)20-28(3)49-44(75-58)18-40(70-49)36(63)15-32(62)25-61/h26,28-29,31-47,49-56,61-63,65H,2,5,7-25H2,1,3-4,6H3/t26-,28+,29+,31+,32-,33+,34-,35+,36+,37+,38+,39-,40+,41-,42+,43+,44+,45-,46+,47-,49+,50+,51+,52-,53+,54+,55?,56+,57-,58-,59+,60+/m1/s1. The summed E-state index contributed by atoms with van der Waals surface area (Å²) in [5, 5.41) is 42.5. The van der Waals surface area contributed by atoms with Gasteiger partial charge in [-0.15, -0.1) is 0 Å². The summed E-state index contributed by atoms with van der Waals surface area (Å²) >= 11 is 0. The van der Waals surface area contributed by atoms with E-state index in [0.29, 0.717) is 77.0 Å². The Morgan fingerprint density at radius 3 is 2.09 bits per heavy atom. The van der Waals surface area contributed by atoms with Gasteiger partial charge in [0.1, 0.15) is 30.5 Å². The third-order valence-electron chi connectivity index (χ3n) is 22.0. The van der Waals surface area contributed by atoms with E-state index in [0.717, 1.165) is 36.8 Å². The molecule has 0 radical (unpaired) electrons. The van der Waals surface area contributed by atoms with Crippen LogP contribution in [0.1, 0.15) is 143 Å². The summed E-state index contributed by atoms with van der Waals surface area (Å²) in [6.07, 6.45) is -1.11. The zero-order valence-corrected chi connectivity index (χ0v) is 46.8. The molecule has 446 valence electrons. The lowest BCUT2D eigenvalue weighted by molar-refractivity contribution is -0.349. The summed E-state index contributed by atoms with van der Waals surface area (Å²) in [6, 6.07) is 0. The van der Waals surface area contributed by atoms with Crippen LogP contribution in [0.3, 0.4) is 0 Å². The van der Waals surface area contributed by atoms with Crippen molar-refractivity contribution in [2.75, 3.05) is 6.61 Å². The number of aliphatic hydroxyl groups is 4. The van der Waals surface area contributed by atoms with Gasteiger partial charge in [0, 0.05) is 70.1 Å². The average molecular weight is 1130 g/mol. The minimum absolute atomic E-state index is 0.000884. The van der Waals surface area contributed by atoms with E-state index < -0.39 is 109 Å². The van der Waals surface area contributed by atoms with Crippen LogP contribution in [0, 0.1) is 23.7 Å². The smallest absolute Gasteiger partial charge is 0.308 e. The molecule has 16 heterocycles. The molecule has 16 saturated heterocycles. The summed E-state index contributed by atoms with van der Waals surface area (Å²) in [7, 11) is 0. The van der Waals surface area contributed by atoms with E-state index in [-0.39, 0.29) is 110 Å². The minimum atomic E-state index is -1.68. The fraction of sp³-hybridized carbons (Fsp3) is 0.917. The lowest BCUT2D eigenvalue weighted by atomic mass is 9.79. The van der Waals surface area contributed by atoms with Crippen molar-refractivity contribution in [2.45, 2.75) is 313 Å². The second-order valence-corrected chi connectivity index (χ2v) is 27.7. The van der Waals surface area contributed by atoms with E-state index in [1.165, 1.54) is 0 Å². The first-order valence-corrected chi connectivity index (χ1v) is 30.9. The van der Waals surface area contributed by atoms with E-state index in [9.17, 15) is 25.2 Å². The Morgan fingerprint density at radius 1 is 0.537 bits per heavy atom. The highest BCUT2D eigenvalue weighted by Crippen LogP contribution is 2.59. The van der Waals surface area contributed by atoms with Gasteiger partial charge in [-0.2, -0.15) is 0 Å². The van der Waals surface area contributed by atoms with Crippen molar-refractivity contribution in [3.05, 3.63) is 24.3 Å². The van der Waals surface area contributed by atoms with Gasteiger partial charge in [-0.3, -0.25) is 4.79 Å². The van der Waals surface area contributed by atoms with E-state index in [1.54, 1.807) is 0 Å². The van der Waals surface area contributed by atoms with Gasteiger partial charge in [0.15, 0.2) is 17.4 Å². The van der Waals surface area contributed by atoms with E-state index in [1.807, 2.05) is 0 Å². The predicted octanol–water partition coefficient (Wildman–Crippen LogP) is 4.25. The van der Waals surface area contributed by atoms with Crippen LogP contribution in [0.5, 0.6) is 0 Å². The number of fused-ring (bicyclic) bond motifs is 10. The molecule has 20 heteroatoms. The number of hydrogen-bond donors (Lipinski definition) is 4. The summed E-state index contributed by atoms with van der Waals surface area (Å²) in [4.78, 5) is 14.6. The van der Waals surface area contributed by atoms with Gasteiger partial charge in [-0.05, 0) is 73.8 Å². The molecule has 20 nitrogen and oxygen atoms in total. The molecular formula is C60H86O20. The van der Waals surface area contributed by atoms with Gasteiger partial charge < -0.3 is 91.5 Å². The molecule has 3 spiro atoms. The van der Waals surface area contributed by atoms with Gasteiger partial charge >= 0.3 is 5.97 Å². The fourth-order valence-corrected chi connectivity index (χ4v) is 18.2. The third-order valence-corrected chi connectivity index (χ3v) is 22.0. The number of ether oxygens (including phenoxy) is 15. The van der Waals surface area contributed by atoms with Crippen LogP contribution < -0.4 is 0 Å². The largest absolute Gasteiger partial charge is 0.459 e. The second-order valence-electron chi connectivity index (χ2n) is 27.7. The first-order chi connectivity index (χ1) is 38.3. The normalized spacial score (nSPS) is 57.6. The molecule has 4 N–H and O–H groups in total. The van der Waals surface area contributed by atoms with Crippen molar-refractivity contribution in [1.82, 2.24) is 0 Å². The number of hydrogen-bond acceptors (Lipinski definition) is 20. The van der Waals surface area contributed by atoms with E-state index >= 15 is 0 Å². The Kier molecular flexibility index (Phi) is 13.8. The third kappa shape index (κ3) is 9.23. The van der Waals surface area contributed by atoms with Crippen molar-refractivity contribution in [3.63, 3.8) is 0 Å². The molecule has 32 atom stereocenters. The zero-order chi connectivity index (χ0) is 54.9. The molecule has 0 aromatic carbocycles. The highest BCUT2D eigenvalue weighted by molar-refractivity contribution is 5.70. The fourth-order valence-electron chi connectivity index (χ4n) is 18.2. The molecule has 0 aliphatic carbocycles. The lowest BCUT2D eigenvalue weighted by Gasteiger charge is -2.51. The van der Waals surface area contributed by atoms with Crippen molar-refractivity contribution >= 4 is 5.97 Å². The van der Waals surface area contributed by atoms with Gasteiger partial charge in [0.2, 0.25) is 5.79 Å². The molecule has 0 aromatic heterocycles. The van der Waals surface area contributed by atoms with Crippen LogP contribution >= 0.6 is 0 Å². The first kappa shape index (κ1) is 54.9. The lowest BCUT2D eigenvalue weighted by Crippen LogP contribution is -2.67. The summed E-state index contributed by atoms with van der Waals surface area (Å²) in [5.74, 6) is -4.78. The molecule has 16 rings (SSSR count). The second kappa shape index (κ2) is 20.2. The van der Waals surface area contributed by atoms with Crippen molar-refractivity contribution < 1.29 is 96.3 Å². The number of carbonyl (C=O) groups excluding carboxylic acids is 1. The molecule has 80 heavy (non-hydrogen) atoms. The van der Waals surface area contributed by atoms with Crippen LogP contribution in [0.4, 0.5) is 0 Å². The molecule has 12 bridgehead atoms. The van der Waals surface area contributed by atoms with Crippen LogP contribution in [-0.2, 0) is 75.8 Å². The highest BCUT2D eigenvalue weighted by Gasteiger charge is 2.76. The Bertz CT molecular complexity index is 2400. The van der Waals surface area contributed by atoms with E-state index in [4.69, 9.17) is 71.1 Å². The quantitative estimate of drug-likeness (QED) is 0.228. The number of rotatable bonds is 4. The summed E-state index contributed by atoms with van der Waals surface area (Å²) in [6.45, 7) is 17.3. The van der Waals surface area contributed by atoms with Crippen LogP contribution in [0.25, 0.3) is 0 Å². The van der Waals surface area contributed by atoms with Crippen molar-refractivity contribution in [3.8, 4) is 0 Å². The van der Waals surface area contributed by atoms with Crippen molar-refractivity contribution in [2.24, 2.45) is 23.7 Å². The summed E-state index contributed by atoms with van der Waals surface area (Å²) < 4.78 is 103. The Hall–Kier alpha value is -1.77. The number of aliphatic hydroxyl groups excluding tert-OH is 3. The van der Waals surface area contributed by atoms with Crippen LogP contribution in [-0.4, -0.2) is 203 Å². The summed E-state index contributed by atoms with van der Waals surface area (Å²) in [5.41, 5.74) is 2.09. The monoisotopic (exact) mass is 1130 g/mol. The average Bonchev–Trinajstić information content (AvgIpc) is 4.45. The molecule has 16 aliphatic rings. The highest BCUT2D eigenvalue weighted by atomic mass is 16.8. The Balaban J connectivity index is 0.658. The number of carbonyl (C=O) groups is 1. The van der Waals surface area contributed by atoms with Crippen LogP contribution in [0.2, 0.25) is 0 Å². The molecule has 1 unspecified atom stereocenters. The molecule has 16 aliphatic heterocycles. The van der Waals surface area contributed by atoms with Gasteiger partial charge in [-0.1, -0.05) is 40.9 Å². The molecular weight excluding hydrogens is 1040 g/mol. The van der Waals surface area contributed by atoms with E-state index in [2.05, 4.69) is 40.9 Å². The van der Waals surface area contributed by atoms with Crippen LogP contribution in [0.15, 0.2) is 24.3 Å².